The molecule has 0 aliphatic rings. The Morgan fingerprint density at radius 2 is 2.26 bits per heavy atom. The number of nitrogens with one attached hydrogen (secondary N) is 1. The number of hydrogen-bond donors (Lipinski definition) is 2. The van der Waals surface area contributed by atoms with E-state index < -0.39 is 19.1 Å². The Kier molecular flexibility index (Phi) is 5.52. The number of methoxy groups -OCH3 is 1. The molecule has 0 radical (unpaired) electrons. The van der Waals surface area contributed by atoms with E-state index in [0.29, 0.717) is 5.56 Å². The molecule has 0 bridgehead atoms. The topological polar surface area (TPSA) is 85.9 Å². The van der Waals surface area contributed by atoms with Gasteiger partial charge in [-0.05, 0) is 23.8 Å². The summed E-state index contributed by atoms with van der Waals surface area (Å²) in [5.74, 6) is 0.478. The van der Waals surface area contributed by atoms with Crippen LogP contribution in [0.25, 0.3) is 0 Å². The number of urea groups is 1. The van der Waals surface area contributed by atoms with E-state index in [0.717, 1.165) is 0 Å². The number of nitrogens with two attached hydrogens (primary N) is 1. The highest BCUT2D eigenvalue weighted by Crippen LogP contribution is 2.27. The number of benzene rings is 1. The number of carbonyl (C=O) groups is 1. The monoisotopic (exact) mass is 273 g/mol. The Balaban J connectivity index is 2.77. The Labute approximate surface area is 108 Å². The Hall–Kier alpha value is -2.38. The molecule has 0 saturated heterocycles. The zero-order valence-electron chi connectivity index (χ0n) is 10.1. The van der Waals surface area contributed by atoms with Crippen LogP contribution < -0.4 is 20.6 Å². The minimum absolute atomic E-state index is 0.197. The molecule has 0 saturated carbocycles. The van der Waals surface area contributed by atoms with E-state index in [1.165, 1.54) is 25.5 Å². The molecule has 8 heteroatoms. The van der Waals surface area contributed by atoms with Crippen molar-refractivity contribution in [3.63, 3.8) is 0 Å². The van der Waals surface area contributed by atoms with E-state index in [2.05, 4.69) is 5.10 Å². The predicted octanol–water partition coefficient (Wildman–Crippen LogP) is 1.34. The molecule has 6 nitrogen and oxygen atoms in total. The number of hydrazone groups is 1. The number of ether oxygens (including phenoxy) is 2. The molecule has 0 spiro atoms. The van der Waals surface area contributed by atoms with Gasteiger partial charge in [-0.3, -0.25) is 0 Å². The van der Waals surface area contributed by atoms with Crippen LogP contribution in [-0.2, 0) is 0 Å². The van der Waals surface area contributed by atoms with Crippen LogP contribution in [0.15, 0.2) is 23.3 Å². The van der Waals surface area contributed by atoms with Crippen molar-refractivity contribution in [1.82, 2.24) is 5.43 Å². The Morgan fingerprint density at radius 1 is 1.53 bits per heavy atom. The quantitative estimate of drug-likeness (QED) is 0.605. The van der Waals surface area contributed by atoms with Crippen LogP contribution >= 0.6 is 0 Å². The summed E-state index contributed by atoms with van der Waals surface area (Å²) in [4.78, 5) is 10.4. The second kappa shape index (κ2) is 7.14. The molecule has 1 rings (SSSR count). The molecule has 3 N–H and O–H groups in total. The number of rotatable bonds is 6. The molecule has 0 unspecified atom stereocenters. The van der Waals surface area contributed by atoms with Gasteiger partial charge in [0.15, 0.2) is 11.5 Å². The number of hydrogen-bond acceptors (Lipinski definition) is 4. The zero-order valence-corrected chi connectivity index (χ0v) is 10.1. The van der Waals surface area contributed by atoms with Crippen molar-refractivity contribution in [1.29, 1.82) is 0 Å². The van der Waals surface area contributed by atoms with Crippen molar-refractivity contribution < 1.29 is 23.0 Å². The predicted molar refractivity (Wildman–Crippen MR) is 64.8 cm³/mol. The van der Waals surface area contributed by atoms with Gasteiger partial charge >= 0.3 is 6.03 Å². The highest BCUT2D eigenvalue weighted by Gasteiger charge is 2.08. The van der Waals surface area contributed by atoms with Crippen LogP contribution in [0.1, 0.15) is 5.56 Å². The highest BCUT2D eigenvalue weighted by atomic mass is 19.3. The SMILES string of the molecule is COc1cc(C=NNC(N)=O)ccc1OCC(F)F. The molecular weight excluding hydrogens is 260 g/mol. The number of carbonyl (C=O) groups excluding carboxylic acids is 1. The molecule has 2 amide bonds. The van der Waals surface area contributed by atoms with Crippen LogP contribution in [0.4, 0.5) is 13.6 Å². The molecule has 0 fully saturated rings. The normalized spacial score (nSPS) is 10.7. The van der Waals surface area contributed by atoms with Crippen LogP contribution in [0.5, 0.6) is 11.5 Å². The van der Waals surface area contributed by atoms with Gasteiger partial charge in [0.25, 0.3) is 6.43 Å². The zero-order chi connectivity index (χ0) is 14.3. The first-order valence-corrected chi connectivity index (χ1v) is 5.20. The van der Waals surface area contributed by atoms with Gasteiger partial charge in [-0.15, -0.1) is 0 Å². The lowest BCUT2D eigenvalue weighted by Crippen LogP contribution is -2.24. The third-order valence-corrected chi connectivity index (χ3v) is 1.94. The molecule has 0 atom stereocenters. The maximum Gasteiger partial charge on any atom is 0.332 e. The van der Waals surface area contributed by atoms with Crippen molar-refractivity contribution in [3.05, 3.63) is 23.8 Å². The minimum Gasteiger partial charge on any atom is -0.493 e. The summed E-state index contributed by atoms with van der Waals surface area (Å²) in [7, 11) is 1.38. The van der Waals surface area contributed by atoms with Crippen molar-refractivity contribution in [2.45, 2.75) is 6.43 Å². The van der Waals surface area contributed by atoms with Gasteiger partial charge in [-0.25, -0.2) is 19.0 Å². The molecular formula is C11H13F2N3O3. The smallest absolute Gasteiger partial charge is 0.332 e. The molecule has 1 aromatic rings. The largest absolute Gasteiger partial charge is 0.493 e. The van der Waals surface area contributed by atoms with E-state index in [-0.39, 0.29) is 11.5 Å². The first-order chi connectivity index (χ1) is 9.02. The van der Waals surface area contributed by atoms with E-state index in [4.69, 9.17) is 15.2 Å². The lowest BCUT2D eigenvalue weighted by atomic mass is 10.2. The maximum absolute atomic E-state index is 12.0. The second-order valence-electron chi connectivity index (χ2n) is 3.35. The molecule has 0 aliphatic heterocycles. The first-order valence-electron chi connectivity index (χ1n) is 5.20. The van der Waals surface area contributed by atoms with Gasteiger partial charge < -0.3 is 15.2 Å². The Bertz CT molecular complexity index is 466. The number of primary amides is 1. The third-order valence-electron chi connectivity index (χ3n) is 1.94. The van der Waals surface area contributed by atoms with Gasteiger partial charge in [0.1, 0.15) is 6.61 Å². The number of halogens is 2. The van der Waals surface area contributed by atoms with E-state index in [9.17, 15) is 13.6 Å². The minimum atomic E-state index is -2.56. The highest BCUT2D eigenvalue weighted by molar-refractivity contribution is 5.82. The van der Waals surface area contributed by atoms with E-state index >= 15 is 0 Å². The first kappa shape index (κ1) is 14.7. The summed E-state index contributed by atoms with van der Waals surface area (Å²) in [5.41, 5.74) is 7.43. The van der Waals surface area contributed by atoms with Crippen LogP contribution in [-0.4, -0.2) is 32.4 Å². The summed E-state index contributed by atoms with van der Waals surface area (Å²) >= 11 is 0. The average molecular weight is 273 g/mol. The van der Waals surface area contributed by atoms with Crippen molar-refractivity contribution in [2.24, 2.45) is 10.8 Å². The molecule has 0 aromatic heterocycles. The summed E-state index contributed by atoms with van der Waals surface area (Å²) in [6.07, 6.45) is -1.24. The summed E-state index contributed by atoms with van der Waals surface area (Å²) in [5, 5.41) is 3.55. The van der Waals surface area contributed by atoms with E-state index in [1.807, 2.05) is 5.43 Å². The number of alkyl halides is 2. The van der Waals surface area contributed by atoms with Crippen LogP contribution in [0.3, 0.4) is 0 Å². The summed E-state index contributed by atoms with van der Waals surface area (Å²) in [6, 6.07) is 3.76. The van der Waals surface area contributed by atoms with Crippen molar-refractivity contribution in [3.8, 4) is 11.5 Å². The molecule has 0 heterocycles. The number of nitrogens with zero attached hydrogens (tertiary/aromatic N) is 1. The molecule has 0 aliphatic carbocycles. The van der Waals surface area contributed by atoms with Gasteiger partial charge in [-0.1, -0.05) is 0 Å². The molecule has 19 heavy (non-hydrogen) atoms. The fourth-order valence-electron chi connectivity index (χ4n) is 1.21. The molecule has 104 valence electrons. The maximum atomic E-state index is 12.0. The fourth-order valence-corrected chi connectivity index (χ4v) is 1.21. The van der Waals surface area contributed by atoms with Gasteiger partial charge in [-0.2, -0.15) is 5.10 Å². The summed E-state index contributed by atoms with van der Waals surface area (Å²) < 4.78 is 34.0. The summed E-state index contributed by atoms with van der Waals surface area (Å²) in [6.45, 7) is -0.715. The van der Waals surface area contributed by atoms with Gasteiger partial charge in [0.05, 0.1) is 13.3 Å². The number of amides is 2. The fraction of sp³-hybridized carbons (Fsp3) is 0.273. The molecule has 1 aromatic carbocycles. The Morgan fingerprint density at radius 3 is 2.84 bits per heavy atom. The van der Waals surface area contributed by atoms with Gasteiger partial charge in [0, 0.05) is 0 Å². The standard InChI is InChI=1S/C11H13F2N3O3/c1-18-9-4-7(5-15-16-11(14)17)2-3-8(9)19-6-10(12)13/h2-5,10H,6H2,1H3,(H3,14,16,17). The lowest BCUT2D eigenvalue weighted by Gasteiger charge is -2.10. The lowest BCUT2D eigenvalue weighted by molar-refractivity contribution is 0.0804. The van der Waals surface area contributed by atoms with Crippen molar-refractivity contribution in [2.75, 3.05) is 13.7 Å². The second-order valence-corrected chi connectivity index (χ2v) is 3.35. The van der Waals surface area contributed by atoms with Gasteiger partial charge in [0.2, 0.25) is 0 Å². The van der Waals surface area contributed by atoms with E-state index in [1.54, 1.807) is 6.07 Å². The third kappa shape index (κ3) is 5.19. The van der Waals surface area contributed by atoms with Crippen molar-refractivity contribution >= 4 is 12.2 Å². The van der Waals surface area contributed by atoms with Crippen LogP contribution in [0.2, 0.25) is 0 Å². The average Bonchev–Trinajstić information content (AvgIpc) is 2.36. The van der Waals surface area contributed by atoms with Crippen LogP contribution in [0, 0.1) is 0 Å².